The Bertz CT molecular complexity index is 1270. The van der Waals surface area contributed by atoms with Crippen molar-refractivity contribution in [3.8, 4) is 28.5 Å². The number of aromatic amines is 1. The van der Waals surface area contributed by atoms with Crippen LogP contribution in [0.4, 0.5) is 0 Å². The van der Waals surface area contributed by atoms with E-state index in [-0.39, 0.29) is 11.9 Å². The van der Waals surface area contributed by atoms with E-state index in [0.717, 1.165) is 67.4 Å². The van der Waals surface area contributed by atoms with E-state index in [0.29, 0.717) is 36.3 Å². The van der Waals surface area contributed by atoms with Crippen molar-refractivity contribution in [3.05, 3.63) is 59.3 Å². The zero-order valence-corrected chi connectivity index (χ0v) is 23.2. The molecule has 2 aliphatic rings. The number of aromatic nitrogens is 2. The van der Waals surface area contributed by atoms with Crippen molar-refractivity contribution in [2.75, 3.05) is 60.2 Å². The molecule has 3 aromatic rings. The lowest BCUT2D eigenvalue weighted by Gasteiger charge is -2.31. The van der Waals surface area contributed by atoms with Crippen molar-refractivity contribution >= 4 is 5.91 Å². The number of amides is 1. The Balaban J connectivity index is 1.50. The molecule has 208 valence electrons. The van der Waals surface area contributed by atoms with Crippen LogP contribution in [0, 0.1) is 5.92 Å². The normalized spacial score (nSPS) is 17.5. The summed E-state index contributed by atoms with van der Waals surface area (Å²) in [5.41, 5.74) is 4.04. The maximum Gasteiger partial charge on any atom is 0.273 e. The zero-order valence-electron chi connectivity index (χ0n) is 23.2. The second kappa shape index (κ2) is 12.1. The first-order valence-electron chi connectivity index (χ1n) is 13.6. The molecule has 0 bridgehead atoms. The van der Waals surface area contributed by atoms with Crippen molar-refractivity contribution in [2.24, 2.45) is 5.92 Å². The molecule has 1 aromatic heterocycles. The number of rotatable bonds is 11. The minimum absolute atomic E-state index is 0.0493. The average Bonchev–Trinajstić information content (AvgIpc) is 3.51. The molecule has 9 heteroatoms. The fraction of sp³-hybridized carbons (Fsp3) is 0.467. The summed E-state index contributed by atoms with van der Waals surface area (Å²) >= 11 is 0. The maximum atomic E-state index is 13.8. The Morgan fingerprint density at radius 2 is 1.79 bits per heavy atom. The van der Waals surface area contributed by atoms with Crippen molar-refractivity contribution < 1.29 is 23.7 Å². The summed E-state index contributed by atoms with van der Waals surface area (Å²) in [7, 11) is 3.29. The van der Waals surface area contributed by atoms with Gasteiger partial charge in [0.2, 0.25) is 0 Å². The van der Waals surface area contributed by atoms with E-state index in [4.69, 9.17) is 18.9 Å². The fourth-order valence-electron chi connectivity index (χ4n) is 5.19. The topological polar surface area (TPSA) is 89.2 Å². The third-order valence-corrected chi connectivity index (χ3v) is 7.44. The molecule has 3 heterocycles. The molecule has 0 radical (unpaired) electrons. The van der Waals surface area contributed by atoms with E-state index in [9.17, 15) is 4.79 Å². The van der Waals surface area contributed by atoms with Crippen LogP contribution < -0.4 is 14.2 Å². The number of ether oxygens (including phenoxy) is 4. The highest BCUT2D eigenvalue weighted by molar-refractivity contribution is 6.00. The predicted octanol–water partition coefficient (Wildman–Crippen LogP) is 4.40. The van der Waals surface area contributed by atoms with Crippen molar-refractivity contribution in [1.29, 1.82) is 0 Å². The summed E-state index contributed by atoms with van der Waals surface area (Å²) in [5, 5.41) is 7.64. The number of hydrogen-bond donors (Lipinski definition) is 1. The third-order valence-electron chi connectivity index (χ3n) is 7.44. The summed E-state index contributed by atoms with van der Waals surface area (Å²) in [6, 6.07) is 13.4. The van der Waals surface area contributed by atoms with Gasteiger partial charge in [0.25, 0.3) is 5.91 Å². The second-order valence-electron chi connectivity index (χ2n) is 10.4. The van der Waals surface area contributed by atoms with Crippen LogP contribution >= 0.6 is 0 Å². The van der Waals surface area contributed by atoms with Gasteiger partial charge in [-0.15, -0.1) is 0 Å². The van der Waals surface area contributed by atoms with Crippen LogP contribution in [0.2, 0.25) is 0 Å². The molecular formula is C30H38N4O5. The fourth-order valence-corrected chi connectivity index (χ4v) is 5.19. The average molecular weight is 535 g/mol. The molecule has 1 atom stereocenters. The maximum absolute atomic E-state index is 13.8. The van der Waals surface area contributed by atoms with Crippen LogP contribution in [-0.2, 0) is 4.74 Å². The van der Waals surface area contributed by atoms with Gasteiger partial charge >= 0.3 is 0 Å². The van der Waals surface area contributed by atoms with Gasteiger partial charge < -0.3 is 23.8 Å². The Morgan fingerprint density at radius 1 is 1.03 bits per heavy atom. The zero-order chi connectivity index (χ0) is 27.4. The Hall–Kier alpha value is -3.56. The first-order chi connectivity index (χ1) is 19.0. The first-order valence-corrected chi connectivity index (χ1v) is 13.6. The first kappa shape index (κ1) is 27.0. The molecule has 1 unspecified atom stereocenters. The Morgan fingerprint density at radius 3 is 2.49 bits per heavy atom. The van der Waals surface area contributed by atoms with Crippen molar-refractivity contribution in [3.63, 3.8) is 0 Å². The van der Waals surface area contributed by atoms with Gasteiger partial charge in [0.05, 0.1) is 45.8 Å². The molecule has 0 aliphatic carbocycles. The number of carbonyl (C=O) groups excluding carboxylic acids is 1. The molecule has 1 amide bonds. The van der Waals surface area contributed by atoms with E-state index < -0.39 is 0 Å². The summed E-state index contributed by atoms with van der Waals surface area (Å²) in [6.07, 6.45) is 0.959. The Labute approximate surface area is 230 Å². The van der Waals surface area contributed by atoms with E-state index in [1.807, 2.05) is 47.4 Å². The molecule has 5 rings (SSSR count). The number of morpholine rings is 1. The van der Waals surface area contributed by atoms with Crippen LogP contribution in [-0.4, -0.2) is 86.1 Å². The molecule has 1 N–H and O–H groups in total. The quantitative estimate of drug-likeness (QED) is 0.390. The number of H-pyrrole nitrogens is 1. The molecule has 0 saturated carbocycles. The number of benzene rings is 2. The largest absolute Gasteiger partial charge is 0.497 e. The van der Waals surface area contributed by atoms with E-state index in [1.54, 1.807) is 14.2 Å². The van der Waals surface area contributed by atoms with Gasteiger partial charge in [0.1, 0.15) is 11.4 Å². The number of hydrogen-bond acceptors (Lipinski definition) is 7. The SMILES string of the molecule is COc1ccc(-c2n[nH]c3c2C(c2ccc(OCCC(C)C)c(OC)c2)N(CCN2CCOCC2)C3=O)cc1. The van der Waals surface area contributed by atoms with E-state index in [2.05, 4.69) is 28.9 Å². The number of methoxy groups -OCH3 is 2. The van der Waals surface area contributed by atoms with Crippen LogP contribution in [0.15, 0.2) is 42.5 Å². The van der Waals surface area contributed by atoms with Crippen molar-refractivity contribution in [1.82, 2.24) is 20.0 Å². The summed E-state index contributed by atoms with van der Waals surface area (Å²) in [4.78, 5) is 18.0. The minimum Gasteiger partial charge on any atom is -0.497 e. The smallest absolute Gasteiger partial charge is 0.273 e. The molecule has 1 fully saturated rings. The standard InChI is InChI=1S/C30H38N4O5/c1-20(2)11-16-39-24-10-7-22(19-25(24)37-4)29-26-27(21-5-8-23(36-3)9-6-21)31-32-28(26)30(35)34(29)13-12-33-14-17-38-18-15-33/h5-10,19-20,29H,11-18H2,1-4H3,(H,31,32). The highest BCUT2D eigenvalue weighted by atomic mass is 16.5. The van der Waals surface area contributed by atoms with E-state index in [1.165, 1.54) is 0 Å². The van der Waals surface area contributed by atoms with Gasteiger partial charge in [0.15, 0.2) is 11.5 Å². The Kier molecular flexibility index (Phi) is 8.38. The highest BCUT2D eigenvalue weighted by Crippen LogP contribution is 2.44. The second-order valence-corrected chi connectivity index (χ2v) is 10.4. The highest BCUT2D eigenvalue weighted by Gasteiger charge is 2.42. The number of nitrogens with zero attached hydrogens (tertiary/aromatic N) is 3. The molecule has 1 saturated heterocycles. The number of nitrogens with one attached hydrogen (secondary N) is 1. The van der Waals surface area contributed by atoms with Gasteiger partial charge in [-0.25, -0.2) is 0 Å². The predicted molar refractivity (Wildman–Crippen MR) is 149 cm³/mol. The van der Waals surface area contributed by atoms with Crippen LogP contribution in [0.1, 0.15) is 47.9 Å². The van der Waals surface area contributed by atoms with Gasteiger partial charge in [-0.1, -0.05) is 19.9 Å². The summed E-state index contributed by atoms with van der Waals surface area (Å²) in [6.45, 7) is 9.51. The van der Waals surface area contributed by atoms with E-state index >= 15 is 0 Å². The van der Waals surface area contributed by atoms with Gasteiger partial charge in [-0.05, 0) is 54.3 Å². The lowest BCUT2D eigenvalue weighted by atomic mass is 9.95. The lowest BCUT2D eigenvalue weighted by Crippen LogP contribution is -2.42. The molecule has 39 heavy (non-hydrogen) atoms. The third kappa shape index (κ3) is 5.74. The molecule has 2 aliphatic heterocycles. The molecule has 9 nitrogen and oxygen atoms in total. The summed E-state index contributed by atoms with van der Waals surface area (Å²) < 4.78 is 22.6. The van der Waals surface area contributed by atoms with Gasteiger partial charge in [0, 0.05) is 37.3 Å². The summed E-state index contributed by atoms with van der Waals surface area (Å²) in [5.74, 6) is 2.62. The van der Waals surface area contributed by atoms with Crippen molar-refractivity contribution in [2.45, 2.75) is 26.3 Å². The molecular weight excluding hydrogens is 496 g/mol. The van der Waals surface area contributed by atoms with Crippen LogP contribution in [0.25, 0.3) is 11.3 Å². The van der Waals surface area contributed by atoms with Gasteiger partial charge in [-0.2, -0.15) is 5.10 Å². The number of fused-ring (bicyclic) bond motifs is 1. The number of carbonyl (C=O) groups is 1. The van der Waals surface area contributed by atoms with Crippen LogP contribution in [0.5, 0.6) is 17.2 Å². The minimum atomic E-state index is -0.317. The molecule has 2 aromatic carbocycles. The lowest BCUT2D eigenvalue weighted by molar-refractivity contribution is 0.0316. The monoisotopic (exact) mass is 534 g/mol. The van der Waals surface area contributed by atoms with Gasteiger partial charge in [-0.3, -0.25) is 14.8 Å². The van der Waals surface area contributed by atoms with Crippen LogP contribution in [0.3, 0.4) is 0 Å². The molecule has 0 spiro atoms.